The highest BCUT2D eigenvalue weighted by Crippen LogP contribution is 2.33. The van der Waals surface area contributed by atoms with E-state index in [0.29, 0.717) is 6.61 Å². The molecule has 1 aromatic carbocycles. The second-order valence-corrected chi connectivity index (χ2v) is 7.66. The van der Waals surface area contributed by atoms with Crippen molar-refractivity contribution in [2.75, 3.05) is 13.2 Å². The largest absolute Gasteiger partial charge is 0.466 e. The molecule has 1 saturated carbocycles. The van der Waals surface area contributed by atoms with Crippen LogP contribution in [-0.2, 0) is 19.6 Å². The van der Waals surface area contributed by atoms with Gasteiger partial charge in [-0.25, -0.2) is 8.42 Å². The smallest absolute Gasteiger partial charge is 0.309 e. The molecule has 0 amide bonds. The van der Waals surface area contributed by atoms with Gasteiger partial charge >= 0.3 is 5.97 Å². The van der Waals surface area contributed by atoms with E-state index in [-0.39, 0.29) is 23.5 Å². The summed E-state index contributed by atoms with van der Waals surface area (Å²) in [6, 6.07) is 6.81. The molecule has 0 bridgehead atoms. The van der Waals surface area contributed by atoms with Gasteiger partial charge in [0.05, 0.1) is 17.4 Å². The zero-order chi connectivity index (χ0) is 16.3. The van der Waals surface area contributed by atoms with Crippen LogP contribution in [0.15, 0.2) is 29.2 Å². The monoisotopic (exact) mass is 325 g/mol. The van der Waals surface area contributed by atoms with Crippen LogP contribution in [0.1, 0.15) is 32.3 Å². The average Bonchev–Trinajstić information content (AvgIpc) is 3.29. The fourth-order valence-electron chi connectivity index (χ4n) is 2.28. The molecular weight excluding hydrogens is 302 g/mol. The van der Waals surface area contributed by atoms with Crippen molar-refractivity contribution in [2.45, 2.75) is 44.6 Å². The molecule has 122 valence electrons. The molecule has 1 unspecified atom stereocenters. The van der Waals surface area contributed by atoms with Crippen LogP contribution < -0.4 is 0 Å². The van der Waals surface area contributed by atoms with Crippen molar-refractivity contribution < 1.29 is 17.9 Å². The van der Waals surface area contributed by atoms with Gasteiger partial charge in [0.2, 0.25) is 10.0 Å². The van der Waals surface area contributed by atoms with Crippen molar-refractivity contribution in [1.29, 1.82) is 0 Å². The van der Waals surface area contributed by atoms with E-state index in [2.05, 4.69) is 0 Å². The minimum Gasteiger partial charge on any atom is -0.466 e. The molecule has 0 heterocycles. The summed E-state index contributed by atoms with van der Waals surface area (Å²) < 4.78 is 32.1. The summed E-state index contributed by atoms with van der Waals surface area (Å²) in [7, 11) is -3.57. The van der Waals surface area contributed by atoms with Gasteiger partial charge in [0.1, 0.15) is 0 Å². The Morgan fingerprint density at radius 3 is 2.41 bits per heavy atom. The van der Waals surface area contributed by atoms with E-state index in [1.54, 1.807) is 38.1 Å². The lowest BCUT2D eigenvalue weighted by molar-refractivity contribution is -0.147. The van der Waals surface area contributed by atoms with Gasteiger partial charge < -0.3 is 4.74 Å². The summed E-state index contributed by atoms with van der Waals surface area (Å²) in [4.78, 5) is 12.1. The number of carbonyl (C=O) groups excluding carboxylic acids is 1. The molecule has 0 radical (unpaired) electrons. The fourth-order valence-corrected chi connectivity index (χ4v) is 4.05. The second-order valence-electron chi connectivity index (χ2n) is 5.77. The number of rotatable bonds is 7. The molecule has 0 spiro atoms. The molecule has 5 nitrogen and oxygen atoms in total. The maximum atomic E-state index is 12.8. The first kappa shape index (κ1) is 17.0. The molecule has 0 N–H and O–H groups in total. The minimum atomic E-state index is -3.57. The van der Waals surface area contributed by atoms with Gasteiger partial charge in [-0.05, 0) is 38.8 Å². The Morgan fingerprint density at radius 1 is 1.32 bits per heavy atom. The van der Waals surface area contributed by atoms with Crippen LogP contribution in [0, 0.1) is 12.8 Å². The number of sulfonamides is 1. The molecule has 0 saturated heterocycles. The summed E-state index contributed by atoms with van der Waals surface area (Å²) in [6.45, 7) is 5.83. The number of ether oxygens (including phenoxy) is 1. The highest BCUT2D eigenvalue weighted by molar-refractivity contribution is 7.89. The summed E-state index contributed by atoms with van der Waals surface area (Å²) in [6.07, 6.45) is 1.70. The molecular formula is C16H23NO4S. The van der Waals surface area contributed by atoms with Crippen LogP contribution in [0.5, 0.6) is 0 Å². The molecule has 0 aliphatic heterocycles. The lowest BCUT2D eigenvalue weighted by atomic mass is 10.2. The number of aryl methyl sites for hydroxylation is 1. The third-order valence-corrected chi connectivity index (χ3v) is 5.66. The highest BCUT2D eigenvalue weighted by Gasteiger charge is 2.39. The van der Waals surface area contributed by atoms with Gasteiger partial charge in [0.15, 0.2) is 0 Å². The summed E-state index contributed by atoms with van der Waals surface area (Å²) in [5.41, 5.74) is 1.01. The van der Waals surface area contributed by atoms with Gasteiger partial charge in [0.25, 0.3) is 0 Å². The van der Waals surface area contributed by atoms with Crippen LogP contribution in [0.4, 0.5) is 0 Å². The first-order valence-electron chi connectivity index (χ1n) is 7.61. The van der Waals surface area contributed by atoms with Crippen molar-refractivity contribution in [3.8, 4) is 0 Å². The van der Waals surface area contributed by atoms with E-state index in [9.17, 15) is 13.2 Å². The summed E-state index contributed by atoms with van der Waals surface area (Å²) in [5, 5.41) is 0. The van der Waals surface area contributed by atoms with E-state index in [0.717, 1.165) is 18.4 Å². The first-order chi connectivity index (χ1) is 10.4. The summed E-state index contributed by atoms with van der Waals surface area (Å²) in [5.74, 6) is -0.826. The van der Waals surface area contributed by atoms with Crippen molar-refractivity contribution in [2.24, 2.45) is 5.92 Å². The van der Waals surface area contributed by atoms with Gasteiger partial charge in [-0.1, -0.05) is 24.6 Å². The standard InChI is InChI=1S/C16H23NO4S/c1-4-21-16(18)13(3)11-17(14-7-8-14)22(19,20)15-9-5-12(2)6-10-15/h5-6,9-10,13-14H,4,7-8,11H2,1-3H3. The molecule has 1 atom stereocenters. The quantitative estimate of drug-likeness (QED) is 0.722. The number of hydrogen-bond acceptors (Lipinski definition) is 4. The molecule has 1 aromatic rings. The van der Waals surface area contributed by atoms with Gasteiger partial charge in [0, 0.05) is 12.6 Å². The van der Waals surface area contributed by atoms with Gasteiger partial charge in [-0.15, -0.1) is 0 Å². The van der Waals surface area contributed by atoms with Crippen LogP contribution in [0.25, 0.3) is 0 Å². The number of carbonyl (C=O) groups is 1. The maximum absolute atomic E-state index is 12.8. The third kappa shape index (κ3) is 3.87. The predicted octanol–water partition coefficient (Wildman–Crippen LogP) is 2.35. The Balaban J connectivity index is 2.20. The minimum absolute atomic E-state index is 0.00294. The zero-order valence-electron chi connectivity index (χ0n) is 13.3. The molecule has 1 aliphatic rings. The van der Waals surface area contributed by atoms with E-state index >= 15 is 0 Å². The Bertz CT molecular complexity index is 620. The van der Waals surface area contributed by atoms with E-state index in [1.807, 2.05) is 6.92 Å². The number of esters is 1. The van der Waals surface area contributed by atoms with Crippen LogP contribution in [0.2, 0.25) is 0 Å². The predicted molar refractivity (Wildman–Crippen MR) is 83.9 cm³/mol. The van der Waals surface area contributed by atoms with Crippen LogP contribution in [-0.4, -0.2) is 37.9 Å². The number of benzene rings is 1. The SMILES string of the molecule is CCOC(=O)C(C)CN(C1CC1)S(=O)(=O)c1ccc(C)cc1. The normalized spacial score (nSPS) is 16.5. The number of hydrogen-bond donors (Lipinski definition) is 0. The molecule has 1 aliphatic carbocycles. The fraction of sp³-hybridized carbons (Fsp3) is 0.562. The Morgan fingerprint density at radius 2 is 1.91 bits per heavy atom. The first-order valence-corrected chi connectivity index (χ1v) is 9.05. The van der Waals surface area contributed by atoms with E-state index in [4.69, 9.17) is 4.74 Å². The lowest BCUT2D eigenvalue weighted by Crippen LogP contribution is -2.39. The van der Waals surface area contributed by atoms with Gasteiger partial charge in [-0.3, -0.25) is 4.79 Å². The van der Waals surface area contributed by atoms with Crippen molar-refractivity contribution in [3.63, 3.8) is 0 Å². The Labute approximate surface area is 132 Å². The Hall–Kier alpha value is -1.40. The average molecular weight is 325 g/mol. The lowest BCUT2D eigenvalue weighted by Gasteiger charge is -2.24. The van der Waals surface area contributed by atoms with E-state index in [1.165, 1.54) is 4.31 Å². The van der Waals surface area contributed by atoms with Crippen molar-refractivity contribution >= 4 is 16.0 Å². The maximum Gasteiger partial charge on any atom is 0.309 e. The zero-order valence-corrected chi connectivity index (χ0v) is 14.1. The molecule has 22 heavy (non-hydrogen) atoms. The molecule has 2 rings (SSSR count). The highest BCUT2D eigenvalue weighted by atomic mass is 32.2. The topological polar surface area (TPSA) is 63.7 Å². The number of nitrogens with zero attached hydrogens (tertiary/aromatic N) is 1. The van der Waals surface area contributed by atoms with Crippen molar-refractivity contribution in [1.82, 2.24) is 4.31 Å². The molecule has 1 fully saturated rings. The molecule has 6 heteroatoms. The summed E-state index contributed by atoms with van der Waals surface area (Å²) >= 11 is 0. The van der Waals surface area contributed by atoms with E-state index < -0.39 is 15.9 Å². The van der Waals surface area contributed by atoms with Crippen molar-refractivity contribution in [3.05, 3.63) is 29.8 Å². The van der Waals surface area contributed by atoms with Gasteiger partial charge in [-0.2, -0.15) is 4.31 Å². The molecule has 0 aromatic heterocycles. The Kier molecular flexibility index (Phi) is 5.24. The third-order valence-electron chi connectivity index (χ3n) is 3.72. The van der Waals surface area contributed by atoms with Crippen LogP contribution >= 0.6 is 0 Å². The second kappa shape index (κ2) is 6.79. The van der Waals surface area contributed by atoms with Crippen LogP contribution in [0.3, 0.4) is 0 Å².